The van der Waals surface area contributed by atoms with Crippen molar-refractivity contribution in [2.45, 2.75) is 0 Å². The second kappa shape index (κ2) is 7.81. The zero-order valence-electron chi connectivity index (χ0n) is 13.2. The molecular weight excluding hydrogens is 345 g/mol. The number of aromatic nitrogens is 2. The topological polar surface area (TPSA) is 56.1 Å². The number of carbonyl (C=O) groups excluding carboxylic acids is 1. The molecule has 1 N–H and O–H groups in total. The number of carbonyl (C=O) groups is 1. The van der Waals surface area contributed by atoms with Crippen molar-refractivity contribution in [3.05, 3.63) is 77.3 Å². The summed E-state index contributed by atoms with van der Waals surface area (Å²) in [5.74, 6) is -0.205. The lowest BCUT2D eigenvalue weighted by Crippen LogP contribution is -2.27. The predicted molar refractivity (Wildman–Crippen MR) is 92.8 cm³/mol. The zero-order valence-corrected chi connectivity index (χ0v) is 13.9. The molecule has 1 amide bonds. The molecule has 0 fully saturated rings. The summed E-state index contributed by atoms with van der Waals surface area (Å²) in [6.45, 7) is 0.530. The third kappa shape index (κ3) is 4.58. The lowest BCUT2D eigenvalue weighted by molar-refractivity contribution is 0.0947. The van der Waals surface area contributed by atoms with Gasteiger partial charge in [0.2, 0.25) is 0 Å². The lowest BCUT2D eigenvalue weighted by Gasteiger charge is -2.07. The van der Waals surface area contributed by atoms with E-state index in [0.717, 1.165) is 5.69 Å². The third-order valence-corrected chi connectivity index (χ3v) is 3.64. The van der Waals surface area contributed by atoms with Crippen LogP contribution in [-0.4, -0.2) is 28.8 Å². The summed E-state index contributed by atoms with van der Waals surface area (Å²) in [6.07, 6.45) is 3.11. The van der Waals surface area contributed by atoms with E-state index in [1.807, 2.05) is 12.1 Å². The number of amides is 1. The Bertz CT molecular complexity index is 865. The summed E-state index contributed by atoms with van der Waals surface area (Å²) in [7, 11) is 0. The highest BCUT2D eigenvalue weighted by Crippen LogP contribution is 2.13. The number of ether oxygens (including phenoxy) is 1. The van der Waals surface area contributed by atoms with Crippen LogP contribution in [-0.2, 0) is 0 Å². The Morgan fingerprint density at radius 3 is 2.80 bits per heavy atom. The van der Waals surface area contributed by atoms with Crippen LogP contribution in [0.1, 0.15) is 10.4 Å². The molecule has 7 heteroatoms. The average molecular weight is 360 g/mol. The molecular formula is C18H15ClFN3O2. The van der Waals surface area contributed by atoms with E-state index >= 15 is 0 Å². The van der Waals surface area contributed by atoms with Crippen LogP contribution < -0.4 is 10.1 Å². The first-order valence-corrected chi connectivity index (χ1v) is 7.97. The maximum absolute atomic E-state index is 13.0. The standard InChI is InChI=1S/C18H15ClFN3O2/c19-14-4-6-16(7-5-14)23-12-13(11-22-23)18(24)21-8-9-25-17-3-1-2-15(20)10-17/h1-7,10-12H,8-9H2,(H,21,24). The van der Waals surface area contributed by atoms with Gasteiger partial charge in [-0.3, -0.25) is 4.79 Å². The largest absolute Gasteiger partial charge is 0.492 e. The number of hydrogen-bond donors (Lipinski definition) is 1. The molecule has 0 aliphatic heterocycles. The van der Waals surface area contributed by atoms with E-state index in [0.29, 0.717) is 22.9 Å². The van der Waals surface area contributed by atoms with E-state index in [4.69, 9.17) is 16.3 Å². The van der Waals surface area contributed by atoms with E-state index in [9.17, 15) is 9.18 Å². The number of hydrogen-bond acceptors (Lipinski definition) is 3. The first-order chi connectivity index (χ1) is 12.1. The van der Waals surface area contributed by atoms with Crippen LogP contribution in [0.2, 0.25) is 5.02 Å². The number of nitrogens with zero attached hydrogens (tertiary/aromatic N) is 2. The van der Waals surface area contributed by atoms with Crippen molar-refractivity contribution in [2.24, 2.45) is 0 Å². The van der Waals surface area contributed by atoms with Gasteiger partial charge in [0, 0.05) is 17.3 Å². The molecule has 0 bridgehead atoms. The van der Waals surface area contributed by atoms with Gasteiger partial charge >= 0.3 is 0 Å². The molecule has 0 saturated carbocycles. The highest BCUT2D eigenvalue weighted by atomic mass is 35.5. The van der Waals surface area contributed by atoms with Crippen molar-refractivity contribution < 1.29 is 13.9 Å². The van der Waals surface area contributed by atoms with Gasteiger partial charge in [-0.1, -0.05) is 17.7 Å². The quantitative estimate of drug-likeness (QED) is 0.686. The van der Waals surface area contributed by atoms with Gasteiger partial charge in [0.15, 0.2) is 0 Å². The third-order valence-electron chi connectivity index (χ3n) is 3.39. The van der Waals surface area contributed by atoms with Gasteiger partial charge in [0.1, 0.15) is 18.2 Å². The highest BCUT2D eigenvalue weighted by Gasteiger charge is 2.09. The Balaban J connectivity index is 1.51. The summed E-state index contributed by atoms with van der Waals surface area (Å²) in [5.41, 5.74) is 1.23. The molecule has 0 spiro atoms. The van der Waals surface area contributed by atoms with E-state index in [1.54, 1.807) is 35.1 Å². The van der Waals surface area contributed by atoms with Gasteiger partial charge in [-0.25, -0.2) is 9.07 Å². The van der Waals surface area contributed by atoms with Gasteiger partial charge in [0.05, 0.1) is 24.0 Å². The molecule has 0 radical (unpaired) electrons. The summed E-state index contributed by atoms with van der Waals surface area (Å²) < 4.78 is 20.0. The van der Waals surface area contributed by atoms with Gasteiger partial charge in [-0.2, -0.15) is 5.10 Å². The molecule has 5 nitrogen and oxygen atoms in total. The number of rotatable bonds is 6. The molecule has 1 heterocycles. The molecule has 1 aromatic heterocycles. The molecule has 3 aromatic rings. The van der Waals surface area contributed by atoms with Crippen molar-refractivity contribution in [1.82, 2.24) is 15.1 Å². The minimum atomic E-state index is -0.365. The number of benzene rings is 2. The minimum absolute atomic E-state index is 0.237. The molecule has 25 heavy (non-hydrogen) atoms. The molecule has 2 aromatic carbocycles. The van der Waals surface area contributed by atoms with E-state index < -0.39 is 0 Å². The molecule has 0 saturated heterocycles. The van der Waals surface area contributed by atoms with Crippen molar-refractivity contribution in [1.29, 1.82) is 0 Å². The monoisotopic (exact) mass is 359 g/mol. The van der Waals surface area contributed by atoms with Crippen LogP contribution in [0.3, 0.4) is 0 Å². The van der Waals surface area contributed by atoms with Crippen LogP contribution in [0, 0.1) is 5.82 Å². The average Bonchev–Trinajstić information content (AvgIpc) is 3.09. The van der Waals surface area contributed by atoms with Crippen molar-refractivity contribution in [3.8, 4) is 11.4 Å². The van der Waals surface area contributed by atoms with Crippen LogP contribution in [0.5, 0.6) is 5.75 Å². The fraction of sp³-hybridized carbons (Fsp3) is 0.111. The van der Waals surface area contributed by atoms with Crippen molar-refractivity contribution in [2.75, 3.05) is 13.2 Å². The van der Waals surface area contributed by atoms with Gasteiger partial charge in [-0.15, -0.1) is 0 Å². The first kappa shape index (κ1) is 17.0. The molecule has 3 rings (SSSR count). The van der Waals surface area contributed by atoms with Gasteiger partial charge in [-0.05, 0) is 36.4 Å². The first-order valence-electron chi connectivity index (χ1n) is 7.59. The van der Waals surface area contributed by atoms with Crippen LogP contribution >= 0.6 is 11.6 Å². The van der Waals surface area contributed by atoms with Crippen molar-refractivity contribution in [3.63, 3.8) is 0 Å². The van der Waals surface area contributed by atoms with Gasteiger partial charge < -0.3 is 10.1 Å². The predicted octanol–water partition coefficient (Wildman–Crippen LogP) is 3.47. The summed E-state index contributed by atoms with van der Waals surface area (Å²) in [5, 5.41) is 7.52. The summed E-state index contributed by atoms with van der Waals surface area (Å²) >= 11 is 5.85. The summed E-state index contributed by atoms with van der Waals surface area (Å²) in [6, 6.07) is 13.0. The fourth-order valence-electron chi connectivity index (χ4n) is 2.17. The SMILES string of the molecule is O=C(NCCOc1cccc(F)c1)c1cnn(-c2ccc(Cl)cc2)c1. The van der Waals surface area contributed by atoms with Crippen molar-refractivity contribution >= 4 is 17.5 Å². The Morgan fingerprint density at radius 2 is 2.04 bits per heavy atom. The van der Waals surface area contributed by atoms with E-state index in [1.165, 1.54) is 18.3 Å². The maximum Gasteiger partial charge on any atom is 0.254 e. The second-order valence-electron chi connectivity index (χ2n) is 5.21. The van der Waals surface area contributed by atoms with Crippen LogP contribution in [0.15, 0.2) is 60.9 Å². The molecule has 0 aliphatic rings. The molecule has 128 valence electrons. The number of halogens is 2. The van der Waals surface area contributed by atoms with Gasteiger partial charge in [0.25, 0.3) is 5.91 Å². The number of nitrogens with one attached hydrogen (secondary N) is 1. The van der Waals surface area contributed by atoms with Crippen LogP contribution in [0.25, 0.3) is 5.69 Å². The maximum atomic E-state index is 13.0. The molecule has 0 aliphatic carbocycles. The Morgan fingerprint density at radius 1 is 1.24 bits per heavy atom. The van der Waals surface area contributed by atoms with E-state index in [-0.39, 0.29) is 18.3 Å². The Hall–Kier alpha value is -2.86. The lowest BCUT2D eigenvalue weighted by atomic mass is 10.3. The van der Waals surface area contributed by atoms with E-state index in [2.05, 4.69) is 10.4 Å². The highest BCUT2D eigenvalue weighted by molar-refractivity contribution is 6.30. The van der Waals surface area contributed by atoms with Crippen LogP contribution in [0.4, 0.5) is 4.39 Å². The summed E-state index contributed by atoms with van der Waals surface area (Å²) in [4.78, 5) is 12.1. The molecule has 0 atom stereocenters. The smallest absolute Gasteiger partial charge is 0.254 e. The molecule has 0 unspecified atom stereocenters. The second-order valence-corrected chi connectivity index (χ2v) is 5.65. The zero-order chi connectivity index (χ0) is 17.6. The fourth-order valence-corrected chi connectivity index (χ4v) is 2.29. The Kier molecular flexibility index (Phi) is 5.30. The minimum Gasteiger partial charge on any atom is -0.492 e. The Labute approximate surface area is 149 Å². The normalized spacial score (nSPS) is 10.5.